The second-order valence-corrected chi connectivity index (χ2v) is 7.66. The maximum absolute atomic E-state index is 12.1. The third kappa shape index (κ3) is 3.53. The molecule has 0 saturated carbocycles. The van der Waals surface area contributed by atoms with E-state index in [1.807, 2.05) is 0 Å². The lowest BCUT2D eigenvalue weighted by Gasteiger charge is -2.18. The number of rotatable bonds is 6. The highest BCUT2D eigenvalue weighted by molar-refractivity contribution is 7.18. The molecule has 5 nitrogen and oxygen atoms in total. The zero-order chi connectivity index (χ0) is 17.1. The molecular formula is C18H25N3O2S. The minimum absolute atomic E-state index is 0.00361. The summed E-state index contributed by atoms with van der Waals surface area (Å²) >= 11 is 1.74. The Kier molecular flexibility index (Phi) is 5.33. The van der Waals surface area contributed by atoms with E-state index >= 15 is 0 Å². The van der Waals surface area contributed by atoms with Crippen molar-refractivity contribution >= 4 is 27.5 Å². The van der Waals surface area contributed by atoms with Gasteiger partial charge in [0.25, 0.3) is 5.91 Å². The number of hydrogen-bond acceptors (Lipinski definition) is 5. The number of fused-ring (bicyclic) bond motifs is 3. The van der Waals surface area contributed by atoms with Crippen molar-refractivity contribution in [1.82, 2.24) is 15.3 Å². The van der Waals surface area contributed by atoms with Gasteiger partial charge in [-0.2, -0.15) is 0 Å². The summed E-state index contributed by atoms with van der Waals surface area (Å²) < 4.78 is 5.77. The van der Waals surface area contributed by atoms with Crippen LogP contribution in [-0.2, 0) is 17.6 Å². The summed E-state index contributed by atoms with van der Waals surface area (Å²) in [4.78, 5) is 23.1. The molecular weight excluding hydrogens is 322 g/mol. The molecule has 0 spiro atoms. The lowest BCUT2D eigenvalue weighted by molar-refractivity contribution is -0.123. The molecule has 0 fully saturated rings. The number of ether oxygens (including phenoxy) is 1. The molecule has 0 unspecified atom stereocenters. The molecule has 0 bridgehead atoms. The van der Waals surface area contributed by atoms with Gasteiger partial charge < -0.3 is 10.1 Å². The van der Waals surface area contributed by atoms with Gasteiger partial charge in [0.1, 0.15) is 11.2 Å². The molecule has 3 rings (SSSR count). The molecule has 24 heavy (non-hydrogen) atoms. The molecule has 6 heteroatoms. The van der Waals surface area contributed by atoms with Crippen LogP contribution in [0.5, 0.6) is 5.88 Å². The molecule has 1 aliphatic carbocycles. The lowest BCUT2D eigenvalue weighted by Crippen LogP contribution is -2.37. The van der Waals surface area contributed by atoms with Gasteiger partial charge in [-0.1, -0.05) is 20.8 Å². The maximum atomic E-state index is 12.1. The molecule has 1 aliphatic rings. The number of amides is 1. The number of carbonyl (C=O) groups is 1. The first-order chi connectivity index (χ1) is 11.6. The largest absolute Gasteiger partial charge is 0.467 e. The molecule has 1 atom stereocenters. The molecule has 0 saturated heterocycles. The minimum Gasteiger partial charge on any atom is -0.467 e. The van der Waals surface area contributed by atoms with E-state index < -0.39 is 0 Å². The van der Waals surface area contributed by atoms with Gasteiger partial charge in [0.05, 0.1) is 5.39 Å². The molecule has 1 amide bonds. The average Bonchev–Trinajstić information content (AvgIpc) is 2.95. The van der Waals surface area contributed by atoms with Crippen LogP contribution in [-0.4, -0.2) is 28.5 Å². The number of carbonyl (C=O) groups excluding carboxylic acids is 1. The molecule has 0 aromatic carbocycles. The zero-order valence-corrected chi connectivity index (χ0v) is 15.4. The van der Waals surface area contributed by atoms with Gasteiger partial charge in [0.2, 0.25) is 5.88 Å². The van der Waals surface area contributed by atoms with Crippen molar-refractivity contribution in [1.29, 1.82) is 0 Å². The van der Waals surface area contributed by atoms with E-state index in [0.29, 0.717) is 11.8 Å². The van der Waals surface area contributed by atoms with Gasteiger partial charge in [-0.15, -0.1) is 11.3 Å². The summed E-state index contributed by atoms with van der Waals surface area (Å²) in [5.41, 5.74) is 1.32. The summed E-state index contributed by atoms with van der Waals surface area (Å²) in [6.07, 6.45) is 6.71. The number of nitrogens with one attached hydrogen (secondary N) is 1. The fourth-order valence-corrected chi connectivity index (χ4v) is 4.59. The van der Waals surface area contributed by atoms with Crippen LogP contribution in [0.1, 0.15) is 50.5 Å². The van der Waals surface area contributed by atoms with E-state index in [4.69, 9.17) is 4.74 Å². The van der Waals surface area contributed by atoms with Gasteiger partial charge in [-0.25, -0.2) is 9.97 Å². The van der Waals surface area contributed by atoms with Crippen molar-refractivity contribution in [3.05, 3.63) is 16.8 Å². The Balaban J connectivity index is 1.77. The Bertz CT molecular complexity index is 724. The highest BCUT2D eigenvalue weighted by Gasteiger charge is 2.24. The fourth-order valence-electron chi connectivity index (χ4n) is 3.25. The number of aryl methyl sites for hydroxylation is 1. The third-order valence-corrected chi connectivity index (χ3v) is 5.91. The van der Waals surface area contributed by atoms with Crippen LogP contribution in [0, 0.1) is 5.92 Å². The Labute approximate surface area is 146 Å². The lowest BCUT2D eigenvalue weighted by atomic mass is 9.89. The first-order valence-corrected chi connectivity index (χ1v) is 9.61. The van der Waals surface area contributed by atoms with E-state index in [2.05, 4.69) is 36.1 Å². The number of nitrogens with zero attached hydrogens (tertiary/aromatic N) is 2. The van der Waals surface area contributed by atoms with Gasteiger partial charge in [-0.3, -0.25) is 4.79 Å². The molecule has 1 N–H and O–H groups in total. The summed E-state index contributed by atoms with van der Waals surface area (Å²) in [6, 6.07) is 0.210. The van der Waals surface area contributed by atoms with Crippen LogP contribution in [0.3, 0.4) is 0 Å². The maximum Gasteiger partial charge on any atom is 0.258 e. The van der Waals surface area contributed by atoms with E-state index in [-0.39, 0.29) is 18.6 Å². The highest BCUT2D eigenvalue weighted by atomic mass is 32.1. The molecule has 0 radical (unpaired) electrons. The summed E-state index contributed by atoms with van der Waals surface area (Å²) in [5, 5.41) is 4.01. The van der Waals surface area contributed by atoms with Crippen molar-refractivity contribution in [3.63, 3.8) is 0 Å². The number of aromatic nitrogens is 2. The van der Waals surface area contributed by atoms with Gasteiger partial charge >= 0.3 is 0 Å². The topological polar surface area (TPSA) is 64.1 Å². The fraction of sp³-hybridized carbons (Fsp3) is 0.611. The van der Waals surface area contributed by atoms with Crippen LogP contribution in [0.25, 0.3) is 10.2 Å². The molecule has 2 heterocycles. The van der Waals surface area contributed by atoms with E-state index in [0.717, 1.165) is 35.9 Å². The highest BCUT2D eigenvalue weighted by Crippen LogP contribution is 2.40. The summed E-state index contributed by atoms with van der Waals surface area (Å²) in [5.74, 6) is 1.17. The first-order valence-electron chi connectivity index (χ1n) is 8.79. The Morgan fingerprint density at radius 3 is 2.96 bits per heavy atom. The van der Waals surface area contributed by atoms with Crippen molar-refractivity contribution in [2.75, 3.05) is 6.61 Å². The number of thiophene rings is 1. The average molecular weight is 347 g/mol. The van der Waals surface area contributed by atoms with Crippen molar-refractivity contribution in [3.8, 4) is 5.88 Å². The normalized spacial score (nSPS) is 17.1. The molecule has 130 valence electrons. The zero-order valence-electron chi connectivity index (χ0n) is 14.6. The Hall–Kier alpha value is -1.69. The van der Waals surface area contributed by atoms with E-state index in [1.54, 1.807) is 11.3 Å². The smallest absolute Gasteiger partial charge is 0.258 e. The Morgan fingerprint density at radius 2 is 2.21 bits per heavy atom. The monoisotopic (exact) mass is 347 g/mol. The first kappa shape index (κ1) is 17.1. The third-order valence-electron chi connectivity index (χ3n) is 4.75. The molecule has 2 aromatic heterocycles. The summed E-state index contributed by atoms with van der Waals surface area (Å²) in [7, 11) is 0. The summed E-state index contributed by atoms with van der Waals surface area (Å²) in [6.45, 7) is 6.44. The minimum atomic E-state index is -0.0896. The standard InChI is InChI=1S/C18H25N3O2S/c1-4-12(5-2)21-15(22)9-23-17-16-13-7-6-11(3)8-14(13)24-18(16)20-10-19-17/h10-12H,4-9H2,1-3H3,(H,21,22)/t11-/m0/s1. The van der Waals surface area contributed by atoms with Crippen LogP contribution in [0.4, 0.5) is 0 Å². The molecule has 2 aromatic rings. The van der Waals surface area contributed by atoms with Crippen LogP contribution < -0.4 is 10.1 Å². The SMILES string of the molecule is CCC(CC)NC(=O)COc1ncnc2sc3c(c12)CC[C@H](C)C3. The van der Waals surface area contributed by atoms with Gasteiger partial charge in [0.15, 0.2) is 6.61 Å². The van der Waals surface area contributed by atoms with Gasteiger partial charge in [-0.05, 0) is 43.6 Å². The predicted octanol–water partition coefficient (Wildman–Crippen LogP) is 3.50. The second-order valence-electron chi connectivity index (χ2n) is 6.58. The van der Waals surface area contributed by atoms with Crippen molar-refractivity contribution < 1.29 is 9.53 Å². The predicted molar refractivity (Wildman–Crippen MR) is 96.6 cm³/mol. The van der Waals surface area contributed by atoms with E-state index in [9.17, 15) is 4.79 Å². The van der Waals surface area contributed by atoms with Crippen molar-refractivity contribution in [2.24, 2.45) is 5.92 Å². The van der Waals surface area contributed by atoms with Crippen LogP contribution >= 0.6 is 11.3 Å². The second kappa shape index (κ2) is 7.47. The Morgan fingerprint density at radius 1 is 1.42 bits per heavy atom. The molecule has 0 aliphatic heterocycles. The van der Waals surface area contributed by atoms with E-state index in [1.165, 1.54) is 23.2 Å². The quantitative estimate of drug-likeness (QED) is 0.869. The van der Waals surface area contributed by atoms with Crippen LogP contribution in [0.2, 0.25) is 0 Å². The van der Waals surface area contributed by atoms with Crippen LogP contribution in [0.15, 0.2) is 6.33 Å². The van der Waals surface area contributed by atoms with Gasteiger partial charge in [0, 0.05) is 10.9 Å². The number of hydrogen-bond donors (Lipinski definition) is 1. The van der Waals surface area contributed by atoms with Crippen molar-refractivity contribution in [2.45, 2.75) is 58.9 Å².